The largest absolute Gasteiger partial charge is 0.496 e. The average Bonchev–Trinajstić information content (AvgIpc) is 2.43. The maximum absolute atomic E-state index is 9.18. The highest BCUT2D eigenvalue weighted by atomic mass is 16.5. The van der Waals surface area contributed by atoms with Gasteiger partial charge < -0.3 is 15.2 Å². The van der Waals surface area contributed by atoms with Crippen LogP contribution in [0.15, 0.2) is 18.2 Å². The van der Waals surface area contributed by atoms with Crippen LogP contribution in [0.5, 0.6) is 5.75 Å². The number of benzene rings is 1. The quantitative estimate of drug-likeness (QED) is 0.709. The SMILES string of the molecule is CCc1cc(CCNCC(C)(C)CO)ccc1OC. The number of hydrogen-bond acceptors (Lipinski definition) is 3. The van der Waals surface area contributed by atoms with E-state index in [-0.39, 0.29) is 12.0 Å². The highest BCUT2D eigenvalue weighted by molar-refractivity contribution is 5.37. The average molecular weight is 265 g/mol. The van der Waals surface area contributed by atoms with Gasteiger partial charge in [-0.05, 0) is 36.6 Å². The fraction of sp³-hybridized carbons (Fsp3) is 0.625. The van der Waals surface area contributed by atoms with Gasteiger partial charge in [0.05, 0.1) is 7.11 Å². The van der Waals surface area contributed by atoms with Gasteiger partial charge in [0, 0.05) is 18.6 Å². The number of aliphatic hydroxyl groups is 1. The van der Waals surface area contributed by atoms with Crippen molar-refractivity contribution in [1.29, 1.82) is 0 Å². The predicted octanol–water partition coefficient (Wildman–Crippen LogP) is 2.41. The van der Waals surface area contributed by atoms with Gasteiger partial charge in [-0.15, -0.1) is 0 Å². The summed E-state index contributed by atoms with van der Waals surface area (Å²) in [6.45, 7) is 8.23. The van der Waals surface area contributed by atoms with Gasteiger partial charge in [-0.1, -0.05) is 32.9 Å². The first-order chi connectivity index (χ1) is 9.02. The molecule has 0 amide bonds. The van der Waals surface area contributed by atoms with Crippen molar-refractivity contribution in [3.05, 3.63) is 29.3 Å². The van der Waals surface area contributed by atoms with Gasteiger partial charge in [-0.3, -0.25) is 0 Å². The highest BCUT2D eigenvalue weighted by Gasteiger charge is 2.15. The Morgan fingerprint density at radius 3 is 2.63 bits per heavy atom. The summed E-state index contributed by atoms with van der Waals surface area (Å²) in [4.78, 5) is 0. The standard InChI is InChI=1S/C16H27NO2/c1-5-14-10-13(6-7-15(14)19-4)8-9-17-11-16(2,3)12-18/h6-7,10,17-18H,5,8-9,11-12H2,1-4H3. The van der Waals surface area contributed by atoms with E-state index in [9.17, 15) is 5.11 Å². The third-order valence-electron chi connectivity index (χ3n) is 3.35. The van der Waals surface area contributed by atoms with Crippen molar-refractivity contribution in [2.45, 2.75) is 33.6 Å². The van der Waals surface area contributed by atoms with Crippen molar-refractivity contribution in [2.24, 2.45) is 5.41 Å². The molecule has 0 spiro atoms. The Morgan fingerprint density at radius 2 is 2.05 bits per heavy atom. The van der Waals surface area contributed by atoms with E-state index in [2.05, 4.69) is 38.2 Å². The van der Waals surface area contributed by atoms with Crippen LogP contribution >= 0.6 is 0 Å². The molecule has 3 heteroatoms. The van der Waals surface area contributed by atoms with Gasteiger partial charge in [0.2, 0.25) is 0 Å². The van der Waals surface area contributed by atoms with Gasteiger partial charge in [0.25, 0.3) is 0 Å². The third kappa shape index (κ3) is 5.21. The van der Waals surface area contributed by atoms with E-state index >= 15 is 0 Å². The van der Waals surface area contributed by atoms with Crippen LogP contribution in [0.2, 0.25) is 0 Å². The molecule has 2 N–H and O–H groups in total. The van der Waals surface area contributed by atoms with Crippen molar-refractivity contribution in [1.82, 2.24) is 5.32 Å². The van der Waals surface area contributed by atoms with Crippen molar-refractivity contribution < 1.29 is 9.84 Å². The number of rotatable bonds is 8. The lowest BCUT2D eigenvalue weighted by atomic mass is 9.95. The highest BCUT2D eigenvalue weighted by Crippen LogP contribution is 2.20. The Labute approximate surface area is 117 Å². The van der Waals surface area contributed by atoms with Crippen LogP contribution < -0.4 is 10.1 Å². The van der Waals surface area contributed by atoms with Crippen molar-refractivity contribution in [3.8, 4) is 5.75 Å². The maximum Gasteiger partial charge on any atom is 0.122 e. The van der Waals surface area contributed by atoms with E-state index in [4.69, 9.17) is 4.74 Å². The van der Waals surface area contributed by atoms with Crippen LogP contribution in [-0.4, -0.2) is 31.9 Å². The zero-order valence-electron chi connectivity index (χ0n) is 12.6. The molecule has 0 saturated carbocycles. The predicted molar refractivity (Wildman–Crippen MR) is 79.8 cm³/mol. The summed E-state index contributed by atoms with van der Waals surface area (Å²) in [5, 5.41) is 12.6. The normalized spacial score (nSPS) is 11.6. The lowest BCUT2D eigenvalue weighted by Gasteiger charge is -2.22. The number of ether oxygens (including phenoxy) is 1. The molecule has 0 heterocycles. The lowest BCUT2D eigenvalue weighted by Crippen LogP contribution is -2.33. The fourth-order valence-corrected chi connectivity index (χ4v) is 1.98. The van der Waals surface area contributed by atoms with Gasteiger partial charge in [0.15, 0.2) is 0 Å². The summed E-state index contributed by atoms with van der Waals surface area (Å²) in [5.74, 6) is 0.973. The summed E-state index contributed by atoms with van der Waals surface area (Å²) in [6, 6.07) is 6.39. The van der Waals surface area contributed by atoms with Gasteiger partial charge in [0.1, 0.15) is 5.75 Å². The number of aliphatic hydroxyl groups excluding tert-OH is 1. The molecule has 0 aliphatic rings. The first-order valence-corrected chi connectivity index (χ1v) is 7.00. The molecular formula is C16H27NO2. The number of hydrogen-bond donors (Lipinski definition) is 2. The van der Waals surface area contributed by atoms with Crippen LogP contribution in [0.1, 0.15) is 31.9 Å². The monoisotopic (exact) mass is 265 g/mol. The minimum absolute atomic E-state index is 0.0471. The topological polar surface area (TPSA) is 41.5 Å². The number of nitrogens with one attached hydrogen (secondary N) is 1. The van der Waals surface area contributed by atoms with Crippen LogP contribution in [0.25, 0.3) is 0 Å². The maximum atomic E-state index is 9.18. The first-order valence-electron chi connectivity index (χ1n) is 7.00. The Hall–Kier alpha value is -1.06. The molecule has 0 bridgehead atoms. The Kier molecular flexibility index (Phi) is 6.32. The molecular weight excluding hydrogens is 238 g/mol. The smallest absolute Gasteiger partial charge is 0.122 e. The molecule has 0 aromatic heterocycles. The van der Waals surface area contributed by atoms with Crippen LogP contribution in [0, 0.1) is 5.41 Å². The lowest BCUT2D eigenvalue weighted by molar-refractivity contribution is 0.157. The molecule has 0 aliphatic heterocycles. The molecule has 19 heavy (non-hydrogen) atoms. The van der Waals surface area contributed by atoms with Gasteiger partial charge in [-0.2, -0.15) is 0 Å². The Morgan fingerprint density at radius 1 is 1.32 bits per heavy atom. The molecule has 1 rings (SSSR count). The summed E-state index contributed by atoms with van der Waals surface area (Å²) in [6.07, 6.45) is 1.99. The summed E-state index contributed by atoms with van der Waals surface area (Å²) >= 11 is 0. The minimum Gasteiger partial charge on any atom is -0.496 e. The number of methoxy groups -OCH3 is 1. The van der Waals surface area contributed by atoms with E-state index in [1.807, 2.05) is 6.07 Å². The molecule has 3 nitrogen and oxygen atoms in total. The summed E-state index contributed by atoms with van der Waals surface area (Å²) in [7, 11) is 1.71. The third-order valence-corrected chi connectivity index (χ3v) is 3.35. The molecule has 1 aromatic carbocycles. The molecule has 0 radical (unpaired) electrons. The second kappa shape index (κ2) is 7.51. The molecule has 0 atom stereocenters. The van der Waals surface area contributed by atoms with Crippen LogP contribution in [0.4, 0.5) is 0 Å². The van der Waals surface area contributed by atoms with E-state index in [0.717, 1.165) is 31.7 Å². The Balaban J connectivity index is 2.46. The molecule has 0 aliphatic carbocycles. The van der Waals surface area contributed by atoms with E-state index in [0.29, 0.717) is 0 Å². The molecule has 0 unspecified atom stereocenters. The first kappa shape index (κ1) is 16.0. The molecule has 108 valence electrons. The molecule has 0 fully saturated rings. The van der Waals surface area contributed by atoms with E-state index in [1.165, 1.54) is 11.1 Å². The van der Waals surface area contributed by atoms with E-state index in [1.54, 1.807) is 7.11 Å². The van der Waals surface area contributed by atoms with Crippen molar-refractivity contribution in [3.63, 3.8) is 0 Å². The zero-order chi connectivity index (χ0) is 14.3. The van der Waals surface area contributed by atoms with Gasteiger partial charge >= 0.3 is 0 Å². The summed E-state index contributed by atoms with van der Waals surface area (Å²) < 4.78 is 5.33. The molecule has 1 aromatic rings. The molecule has 0 saturated heterocycles. The second-order valence-corrected chi connectivity index (χ2v) is 5.75. The fourth-order valence-electron chi connectivity index (χ4n) is 1.98. The minimum atomic E-state index is -0.0471. The summed E-state index contributed by atoms with van der Waals surface area (Å²) in [5.41, 5.74) is 2.54. The van der Waals surface area contributed by atoms with Crippen molar-refractivity contribution >= 4 is 0 Å². The van der Waals surface area contributed by atoms with Gasteiger partial charge in [-0.25, -0.2) is 0 Å². The van der Waals surface area contributed by atoms with Crippen LogP contribution in [0.3, 0.4) is 0 Å². The van der Waals surface area contributed by atoms with Crippen LogP contribution in [-0.2, 0) is 12.8 Å². The van der Waals surface area contributed by atoms with Crippen molar-refractivity contribution in [2.75, 3.05) is 26.8 Å². The van der Waals surface area contributed by atoms with E-state index < -0.39 is 0 Å². The Bertz CT molecular complexity index is 388. The second-order valence-electron chi connectivity index (χ2n) is 5.75. The number of aryl methyl sites for hydroxylation is 1. The zero-order valence-corrected chi connectivity index (χ0v) is 12.6.